The SMILES string of the molecule is Cc1cc(CN2CCC(Oc3ccn4nccc4n3)CC2)on1. The second-order valence-corrected chi connectivity index (χ2v) is 5.93. The van der Waals surface area contributed by atoms with Crippen LogP contribution in [-0.4, -0.2) is 43.8 Å². The molecule has 23 heavy (non-hydrogen) atoms. The molecule has 1 aliphatic heterocycles. The van der Waals surface area contributed by atoms with E-state index in [2.05, 4.69) is 20.1 Å². The van der Waals surface area contributed by atoms with Crippen molar-refractivity contribution in [1.82, 2.24) is 24.7 Å². The summed E-state index contributed by atoms with van der Waals surface area (Å²) in [7, 11) is 0. The smallest absolute Gasteiger partial charge is 0.217 e. The number of hydrogen-bond donors (Lipinski definition) is 0. The highest BCUT2D eigenvalue weighted by Crippen LogP contribution is 2.19. The number of aromatic nitrogens is 4. The summed E-state index contributed by atoms with van der Waals surface area (Å²) in [5.41, 5.74) is 1.74. The van der Waals surface area contributed by atoms with E-state index < -0.39 is 0 Å². The summed E-state index contributed by atoms with van der Waals surface area (Å²) < 4.78 is 13.0. The maximum atomic E-state index is 6.02. The average Bonchev–Trinajstić information content (AvgIpc) is 3.17. The number of rotatable bonds is 4. The molecule has 3 aromatic rings. The van der Waals surface area contributed by atoms with Gasteiger partial charge in [-0.05, 0) is 19.8 Å². The molecule has 4 heterocycles. The van der Waals surface area contributed by atoms with Crippen LogP contribution in [0.15, 0.2) is 35.1 Å². The molecule has 0 atom stereocenters. The van der Waals surface area contributed by atoms with Gasteiger partial charge in [-0.1, -0.05) is 5.16 Å². The standard InChI is InChI=1S/C16H19N5O2/c1-12-10-14(23-19-12)11-20-7-3-13(4-8-20)22-16-5-9-21-15(18-16)2-6-17-21/h2,5-6,9-10,13H,3-4,7-8,11H2,1H3. The Hall–Kier alpha value is -2.41. The molecule has 7 heteroatoms. The zero-order valence-electron chi connectivity index (χ0n) is 13.1. The molecule has 0 spiro atoms. The lowest BCUT2D eigenvalue weighted by molar-refractivity contribution is 0.0883. The van der Waals surface area contributed by atoms with Gasteiger partial charge in [-0.3, -0.25) is 4.90 Å². The topological polar surface area (TPSA) is 68.7 Å². The van der Waals surface area contributed by atoms with Crippen molar-refractivity contribution in [3.63, 3.8) is 0 Å². The molecule has 7 nitrogen and oxygen atoms in total. The van der Waals surface area contributed by atoms with Crippen LogP contribution in [-0.2, 0) is 6.54 Å². The molecular weight excluding hydrogens is 294 g/mol. The zero-order valence-corrected chi connectivity index (χ0v) is 13.1. The third-order valence-corrected chi connectivity index (χ3v) is 4.11. The highest BCUT2D eigenvalue weighted by Gasteiger charge is 2.22. The third kappa shape index (κ3) is 3.19. The molecule has 0 N–H and O–H groups in total. The molecule has 3 aromatic heterocycles. The predicted molar refractivity (Wildman–Crippen MR) is 83.2 cm³/mol. The highest BCUT2D eigenvalue weighted by atomic mass is 16.5. The van der Waals surface area contributed by atoms with Crippen molar-refractivity contribution in [2.24, 2.45) is 0 Å². The monoisotopic (exact) mass is 313 g/mol. The Kier molecular flexibility index (Phi) is 3.70. The Morgan fingerprint density at radius 1 is 1.30 bits per heavy atom. The van der Waals surface area contributed by atoms with Gasteiger partial charge in [0.15, 0.2) is 11.4 Å². The fraction of sp³-hybridized carbons (Fsp3) is 0.438. The normalized spacial score (nSPS) is 16.9. The summed E-state index contributed by atoms with van der Waals surface area (Å²) in [5.74, 6) is 1.59. The first kappa shape index (κ1) is 14.2. The summed E-state index contributed by atoms with van der Waals surface area (Å²) in [6, 6.07) is 5.73. The van der Waals surface area contributed by atoms with Gasteiger partial charge in [-0.15, -0.1) is 0 Å². The Labute approximate surface area is 133 Å². The van der Waals surface area contributed by atoms with E-state index in [4.69, 9.17) is 9.26 Å². The second-order valence-electron chi connectivity index (χ2n) is 5.93. The first-order valence-corrected chi connectivity index (χ1v) is 7.88. The fourth-order valence-electron chi connectivity index (χ4n) is 2.93. The zero-order chi connectivity index (χ0) is 15.6. The fourth-order valence-corrected chi connectivity index (χ4v) is 2.93. The summed E-state index contributed by atoms with van der Waals surface area (Å²) in [5, 5.41) is 8.07. The van der Waals surface area contributed by atoms with E-state index in [0.29, 0.717) is 5.88 Å². The molecule has 0 aliphatic carbocycles. The minimum absolute atomic E-state index is 0.209. The molecule has 0 aromatic carbocycles. The molecule has 1 saturated heterocycles. The predicted octanol–water partition coefficient (Wildman–Crippen LogP) is 2.07. The number of fused-ring (bicyclic) bond motifs is 1. The average molecular weight is 313 g/mol. The van der Waals surface area contributed by atoms with Crippen molar-refractivity contribution in [3.05, 3.63) is 42.0 Å². The number of likely N-dealkylation sites (tertiary alicyclic amines) is 1. The summed E-state index contributed by atoms with van der Waals surface area (Å²) in [6.07, 6.45) is 5.79. The van der Waals surface area contributed by atoms with Gasteiger partial charge in [0.1, 0.15) is 6.10 Å². The lowest BCUT2D eigenvalue weighted by Gasteiger charge is -2.31. The maximum absolute atomic E-state index is 6.02. The van der Waals surface area contributed by atoms with Gasteiger partial charge in [0.2, 0.25) is 5.88 Å². The van der Waals surface area contributed by atoms with E-state index in [-0.39, 0.29) is 6.10 Å². The molecule has 0 radical (unpaired) electrons. The van der Waals surface area contributed by atoms with Crippen LogP contribution in [0.3, 0.4) is 0 Å². The van der Waals surface area contributed by atoms with Gasteiger partial charge in [0, 0.05) is 37.5 Å². The van der Waals surface area contributed by atoms with Crippen LogP contribution in [0.2, 0.25) is 0 Å². The van der Waals surface area contributed by atoms with Crippen LogP contribution in [0.25, 0.3) is 5.65 Å². The van der Waals surface area contributed by atoms with Crippen LogP contribution in [0.4, 0.5) is 0 Å². The molecule has 0 amide bonds. The van der Waals surface area contributed by atoms with E-state index >= 15 is 0 Å². The van der Waals surface area contributed by atoms with Gasteiger partial charge in [-0.25, -0.2) is 4.52 Å². The Morgan fingerprint density at radius 3 is 2.96 bits per heavy atom. The van der Waals surface area contributed by atoms with Crippen molar-refractivity contribution in [2.45, 2.75) is 32.4 Å². The van der Waals surface area contributed by atoms with Gasteiger partial charge in [0.05, 0.1) is 18.4 Å². The second kappa shape index (κ2) is 6.00. The van der Waals surface area contributed by atoms with Gasteiger partial charge in [-0.2, -0.15) is 10.1 Å². The van der Waals surface area contributed by atoms with Crippen LogP contribution in [0.5, 0.6) is 5.88 Å². The molecule has 0 saturated carbocycles. The highest BCUT2D eigenvalue weighted by molar-refractivity contribution is 5.37. The molecule has 4 rings (SSSR count). The van der Waals surface area contributed by atoms with Crippen molar-refractivity contribution in [2.75, 3.05) is 13.1 Å². The Balaban J connectivity index is 1.32. The van der Waals surface area contributed by atoms with Crippen molar-refractivity contribution in [3.8, 4) is 5.88 Å². The van der Waals surface area contributed by atoms with Crippen molar-refractivity contribution in [1.29, 1.82) is 0 Å². The Bertz CT molecular complexity index is 788. The van der Waals surface area contributed by atoms with Crippen LogP contribution >= 0.6 is 0 Å². The van der Waals surface area contributed by atoms with E-state index in [9.17, 15) is 0 Å². The van der Waals surface area contributed by atoms with Gasteiger partial charge < -0.3 is 9.26 Å². The molecule has 0 unspecified atom stereocenters. The minimum atomic E-state index is 0.209. The number of aryl methyl sites for hydroxylation is 1. The largest absolute Gasteiger partial charge is 0.474 e. The summed E-state index contributed by atoms with van der Waals surface area (Å²) in [4.78, 5) is 6.83. The lowest BCUT2D eigenvalue weighted by Crippen LogP contribution is -2.37. The number of nitrogens with zero attached hydrogens (tertiary/aromatic N) is 5. The molecule has 120 valence electrons. The first-order chi connectivity index (χ1) is 11.3. The number of hydrogen-bond acceptors (Lipinski definition) is 6. The summed E-state index contributed by atoms with van der Waals surface area (Å²) >= 11 is 0. The molecule has 1 fully saturated rings. The van der Waals surface area contributed by atoms with Crippen LogP contribution < -0.4 is 4.74 Å². The van der Waals surface area contributed by atoms with Crippen molar-refractivity contribution >= 4 is 5.65 Å². The van der Waals surface area contributed by atoms with E-state index in [1.807, 2.05) is 31.3 Å². The molecular formula is C16H19N5O2. The lowest BCUT2D eigenvalue weighted by atomic mass is 10.1. The van der Waals surface area contributed by atoms with E-state index in [0.717, 1.165) is 49.6 Å². The first-order valence-electron chi connectivity index (χ1n) is 7.88. The minimum Gasteiger partial charge on any atom is -0.474 e. The van der Waals surface area contributed by atoms with E-state index in [1.54, 1.807) is 10.7 Å². The van der Waals surface area contributed by atoms with Gasteiger partial charge in [0.25, 0.3) is 0 Å². The Morgan fingerprint density at radius 2 is 2.17 bits per heavy atom. The van der Waals surface area contributed by atoms with Gasteiger partial charge >= 0.3 is 0 Å². The molecule has 1 aliphatic rings. The molecule has 0 bridgehead atoms. The third-order valence-electron chi connectivity index (χ3n) is 4.11. The number of ether oxygens (including phenoxy) is 1. The van der Waals surface area contributed by atoms with Crippen LogP contribution in [0.1, 0.15) is 24.3 Å². The quantitative estimate of drug-likeness (QED) is 0.734. The summed E-state index contributed by atoms with van der Waals surface area (Å²) in [6.45, 7) is 4.73. The van der Waals surface area contributed by atoms with E-state index in [1.165, 1.54) is 0 Å². The number of piperidine rings is 1. The van der Waals surface area contributed by atoms with Crippen LogP contribution in [0, 0.1) is 6.92 Å². The maximum Gasteiger partial charge on any atom is 0.217 e. The van der Waals surface area contributed by atoms with Crippen molar-refractivity contribution < 1.29 is 9.26 Å².